The van der Waals surface area contributed by atoms with Gasteiger partial charge < -0.3 is 29.7 Å². The van der Waals surface area contributed by atoms with Gasteiger partial charge in [-0.05, 0) is 20.3 Å². The lowest BCUT2D eigenvalue weighted by Gasteiger charge is -2.32. The summed E-state index contributed by atoms with van der Waals surface area (Å²) in [5, 5.41) is 0. The van der Waals surface area contributed by atoms with Crippen molar-refractivity contribution < 1.29 is 0 Å². The molecule has 0 aliphatic rings. The van der Waals surface area contributed by atoms with E-state index in [4.69, 9.17) is 24.8 Å². The van der Waals surface area contributed by atoms with Crippen LogP contribution in [0.2, 0.25) is 0 Å². The minimum atomic E-state index is 0.446. The lowest BCUT2D eigenvalue weighted by Crippen LogP contribution is -2.35. The molecule has 25 heavy (non-hydrogen) atoms. The molecule has 0 aromatic rings. The molecule has 0 saturated carbocycles. The van der Waals surface area contributed by atoms with E-state index in [2.05, 4.69) is 25.7 Å². The number of thiocarbonyl (C=S) groups is 1. The Morgan fingerprint density at radius 1 is 0.680 bits per heavy atom. The van der Waals surface area contributed by atoms with Crippen molar-refractivity contribution in [3.05, 3.63) is 0 Å². The average Bonchev–Trinajstić information content (AvgIpc) is 2.57. The summed E-state index contributed by atoms with van der Waals surface area (Å²) in [5.41, 5.74) is 0. The fraction of sp³-hybridized carbons (Fsp3) is 0.955. The molecule has 0 aliphatic heterocycles. The van der Waals surface area contributed by atoms with E-state index >= 15 is 0 Å². The largest absolute Gasteiger partial charge is 0.411 e. The van der Waals surface area contributed by atoms with E-state index in [1.54, 1.807) is 0 Å². The van der Waals surface area contributed by atoms with Crippen LogP contribution < -0.4 is 0 Å². The van der Waals surface area contributed by atoms with Gasteiger partial charge in [-0.25, -0.2) is 0 Å². The molecule has 0 N–H and O–H groups in total. The second-order valence-corrected chi connectivity index (χ2v) is 8.89. The van der Waals surface area contributed by atoms with Crippen LogP contribution in [-0.4, -0.2) is 21.8 Å². The van der Waals surface area contributed by atoms with Crippen LogP contribution in [0.4, 0.5) is 0 Å². The predicted molar refractivity (Wildman–Crippen MR) is 121 cm³/mol. The average molecular weight is 387 g/mol. The number of hydrogen-bond donors (Lipinski definition) is 0. The van der Waals surface area contributed by atoms with Gasteiger partial charge in [0, 0.05) is 12.6 Å². The molecule has 0 aromatic carbocycles. The van der Waals surface area contributed by atoms with Gasteiger partial charge in [0.25, 0.3) is 0 Å². The number of nitrogens with zero attached hydrogens (tertiary/aromatic N) is 1. The van der Waals surface area contributed by atoms with Crippen molar-refractivity contribution in [1.82, 2.24) is 4.90 Å². The summed E-state index contributed by atoms with van der Waals surface area (Å²) in [6.45, 7) is 7.67. The monoisotopic (exact) mass is 386 g/mol. The van der Waals surface area contributed by atoms with E-state index in [0.29, 0.717) is 10.4 Å². The molecule has 0 aliphatic carbocycles. The van der Waals surface area contributed by atoms with E-state index in [1.165, 1.54) is 103 Å². The summed E-state index contributed by atoms with van der Waals surface area (Å²) >= 11 is 10.3. The Bertz CT molecular complexity index is 292. The van der Waals surface area contributed by atoms with Gasteiger partial charge in [0.1, 0.15) is 0 Å². The van der Waals surface area contributed by atoms with Crippen LogP contribution in [0.1, 0.15) is 124 Å². The second kappa shape index (κ2) is 18.9. The van der Waals surface area contributed by atoms with Crippen molar-refractivity contribution in [3.63, 3.8) is 0 Å². The van der Waals surface area contributed by atoms with E-state index in [0.717, 1.165) is 6.54 Å². The van der Waals surface area contributed by atoms with Crippen molar-refractivity contribution in [2.24, 2.45) is 0 Å². The first-order chi connectivity index (χ1) is 12.1. The van der Waals surface area contributed by atoms with Gasteiger partial charge >= 0.3 is 0 Å². The van der Waals surface area contributed by atoms with Crippen molar-refractivity contribution >= 4 is 29.2 Å². The molecule has 0 rings (SSSR count). The zero-order valence-corrected chi connectivity index (χ0v) is 19.0. The smallest absolute Gasteiger partial charge is 0.0217 e. The number of unbranched alkanes of at least 4 members (excludes halogenated alkanes) is 15. The Morgan fingerprint density at radius 2 is 1.00 bits per heavy atom. The van der Waals surface area contributed by atoms with Crippen LogP contribution in [0.5, 0.6) is 0 Å². The van der Waals surface area contributed by atoms with Gasteiger partial charge in [-0.3, -0.25) is 0 Å². The molecule has 0 bridgehead atoms. The van der Waals surface area contributed by atoms with Crippen LogP contribution in [-0.2, 0) is 12.6 Å². The van der Waals surface area contributed by atoms with Crippen molar-refractivity contribution in [1.29, 1.82) is 0 Å². The molecule has 3 heteroatoms. The molecule has 0 saturated heterocycles. The Labute approximate surface area is 170 Å². The molecular weight excluding hydrogens is 342 g/mol. The Kier molecular flexibility index (Phi) is 19.0. The first kappa shape index (κ1) is 25.1. The molecule has 0 aromatic heterocycles. The maximum Gasteiger partial charge on any atom is 0.0217 e. The fourth-order valence-electron chi connectivity index (χ4n) is 3.39. The molecule has 0 unspecified atom stereocenters. The second-order valence-electron chi connectivity index (χ2n) is 7.86. The van der Waals surface area contributed by atoms with Crippen LogP contribution >= 0.6 is 12.2 Å². The summed E-state index contributed by atoms with van der Waals surface area (Å²) < 4.78 is 0.635. The highest BCUT2D eigenvalue weighted by atomic mass is 32.1. The SMILES string of the molecule is CCCCCCCCCCCCCCCCCCN(C(=S)[S-])C(C)C. The third kappa shape index (κ3) is 17.3. The molecule has 0 amide bonds. The minimum absolute atomic E-state index is 0.446. The summed E-state index contributed by atoms with van der Waals surface area (Å²) in [6.07, 6.45) is 22.6. The zero-order chi connectivity index (χ0) is 18.8. The zero-order valence-electron chi connectivity index (χ0n) is 17.4. The first-order valence-corrected chi connectivity index (χ1v) is 11.9. The van der Waals surface area contributed by atoms with Crippen molar-refractivity contribution in [2.75, 3.05) is 6.54 Å². The van der Waals surface area contributed by atoms with Crippen LogP contribution in [0.3, 0.4) is 0 Å². The molecule has 0 spiro atoms. The Balaban J connectivity index is 3.20. The molecule has 0 fully saturated rings. The van der Waals surface area contributed by atoms with E-state index in [1.807, 2.05) is 0 Å². The molecular formula is C22H44NS2-. The highest BCUT2D eigenvalue weighted by molar-refractivity contribution is 8.00. The Hall–Kier alpha value is 0.110. The minimum Gasteiger partial charge on any atom is -0.411 e. The van der Waals surface area contributed by atoms with E-state index in [9.17, 15) is 0 Å². The van der Waals surface area contributed by atoms with E-state index in [-0.39, 0.29) is 0 Å². The molecule has 0 atom stereocenters. The highest BCUT2D eigenvalue weighted by Gasteiger charge is 2.04. The normalized spacial score (nSPS) is 11.2. The van der Waals surface area contributed by atoms with Gasteiger partial charge in [-0.1, -0.05) is 108 Å². The van der Waals surface area contributed by atoms with Crippen molar-refractivity contribution in [3.8, 4) is 0 Å². The molecule has 150 valence electrons. The third-order valence-electron chi connectivity index (χ3n) is 5.11. The Morgan fingerprint density at radius 3 is 1.28 bits per heavy atom. The standard InChI is InChI=1S/C22H45NS2/c1-4-5-6-7-8-9-10-11-12-13-14-15-16-17-18-19-20-23(21(2)3)22(24)25/h21H,4-20H2,1-3H3,(H,24,25)/p-1. The first-order valence-electron chi connectivity index (χ1n) is 11.1. The van der Waals surface area contributed by atoms with E-state index < -0.39 is 0 Å². The van der Waals surface area contributed by atoms with Crippen LogP contribution in [0.15, 0.2) is 0 Å². The number of rotatable bonds is 18. The van der Waals surface area contributed by atoms with Crippen LogP contribution in [0, 0.1) is 0 Å². The quantitative estimate of drug-likeness (QED) is 0.134. The van der Waals surface area contributed by atoms with Gasteiger partial charge in [-0.15, -0.1) is 0 Å². The topological polar surface area (TPSA) is 3.24 Å². The maximum atomic E-state index is 5.14. The number of hydrogen-bond acceptors (Lipinski definition) is 2. The van der Waals surface area contributed by atoms with Gasteiger partial charge in [0.05, 0.1) is 0 Å². The maximum absolute atomic E-state index is 5.14. The van der Waals surface area contributed by atoms with Gasteiger partial charge in [0.15, 0.2) is 0 Å². The van der Waals surface area contributed by atoms with Gasteiger partial charge in [0.2, 0.25) is 0 Å². The highest BCUT2D eigenvalue weighted by Crippen LogP contribution is 2.14. The summed E-state index contributed by atoms with van der Waals surface area (Å²) in [5.74, 6) is 0. The molecule has 0 radical (unpaired) electrons. The summed E-state index contributed by atoms with van der Waals surface area (Å²) in [4.78, 5) is 2.18. The third-order valence-corrected chi connectivity index (χ3v) is 5.58. The summed E-state index contributed by atoms with van der Waals surface area (Å²) in [6, 6.07) is 0.446. The predicted octanol–water partition coefficient (Wildman–Crippen LogP) is 7.79. The van der Waals surface area contributed by atoms with Crippen LogP contribution in [0.25, 0.3) is 0 Å². The lowest BCUT2D eigenvalue weighted by atomic mass is 10.0. The van der Waals surface area contributed by atoms with Gasteiger partial charge in [-0.2, -0.15) is 0 Å². The molecule has 0 heterocycles. The summed E-state index contributed by atoms with van der Waals surface area (Å²) in [7, 11) is 0. The molecule has 1 nitrogen and oxygen atoms in total. The van der Waals surface area contributed by atoms with Crippen molar-refractivity contribution in [2.45, 2.75) is 130 Å². The lowest BCUT2D eigenvalue weighted by molar-refractivity contribution is 0.349. The fourth-order valence-corrected chi connectivity index (χ4v) is 3.99.